The van der Waals surface area contributed by atoms with E-state index in [1.165, 1.54) is 0 Å². The third-order valence-corrected chi connectivity index (χ3v) is 6.90. The lowest BCUT2D eigenvalue weighted by atomic mass is 10.2. The average molecular weight is 474 g/mol. The molecule has 3 heterocycles. The van der Waals surface area contributed by atoms with Crippen LogP contribution in [0.5, 0.6) is 0 Å². The molecule has 0 spiro atoms. The number of hydrogen-bond donors (Lipinski definition) is 0. The first-order chi connectivity index (χ1) is 16.7. The molecule has 1 amide bonds. The van der Waals surface area contributed by atoms with E-state index in [1.54, 1.807) is 11.3 Å². The number of amides is 1. The summed E-state index contributed by atoms with van der Waals surface area (Å²) in [5.41, 5.74) is 3.18. The van der Waals surface area contributed by atoms with Gasteiger partial charge >= 0.3 is 0 Å². The first-order valence-corrected chi connectivity index (χ1v) is 12.5. The second-order valence-corrected chi connectivity index (χ2v) is 9.26. The number of nitrogens with zero attached hydrogens (tertiary/aromatic N) is 5. The summed E-state index contributed by atoms with van der Waals surface area (Å²) in [6.07, 6.45) is 1.81. The highest BCUT2D eigenvalue weighted by molar-refractivity contribution is 7.13. The van der Waals surface area contributed by atoms with Gasteiger partial charge in [0.2, 0.25) is 17.6 Å². The molecule has 1 aliphatic heterocycles. The molecule has 0 N–H and O–H groups in total. The fraction of sp³-hybridized carbons (Fsp3) is 0.308. The minimum absolute atomic E-state index is 0.197. The first kappa shape index (κ1) is 22.4. The molecule has 0 aliphatic carbocycles. The van der Waals surface area contributed by atoms with Gasteiger partial charge in [0.15, 0.2) is 0 Å². The lowest BCUT2D eigenvalue weighted by molar-refractivity contribution is -0.133. The molecular weight excluding hydrogens is 446 g/mol. The van der Waals surface area contributed by atoms with E-state index in [0.29, 0.717) is 31.0 Å². The van der Waals surface area contributed by atoms with E-state index in [1.807, 2.05) is 53.4 Å². The molecule has 1 aliphatic rings. The topological polar surface area (TPSA) is 75.4 Å². The van der Waals surface area contributed by atoms with Crippen LogP contribution in [-0.4, -0.2) is 57.0 Å². The molecule has 7 nitrogen and oxygen atoms in total. The molecule has 1 saturated heterocycles. The Kier molecular flexibility index (Phi) is 7.07. The molecule has 2 aromatic carbocycles. The smallest absolute Gasteiger partial charge is 0.226 e. The summed E-state index contributed by atoms with van der Waals surface area (Å²) in [6.45, 7) is 4.08. The van der Waals surface area contributed by atoms with Crippen molar-refractivity contribution in [1.82, 2.24) is 24.9 Å². The normalized spacial score (nSPS) is 14.4. The van der Waals surface area contributed by atoms with Gasteiger partial charge in [-0.2, -0.15) is 4.98 Å². The van der Waals surface area contributed by atoms with Crippen molar-refractivity contribution in [2.24, 2.45) is 0 Å². The maximum absolute atomic E-state index is 12.7. The minimum atomic E-state index is 0.197. The Hall–Kier alpha value is -3.36. The SMILES string of the molecule is O=C(CCCc1nc(-c2ccccc2)no1)N1CCN(Cc2csc(-c3ccccc3)n2)CC1. The van der Waals surface area contributed by atoms with Crippen molar-refractivity contribution in [1.29, 1.82) is 0 Å². The zero-order valence-corrected chi connectivity index (χ0v) is 19.8. The molecule has 34 heavy (non-hydrogen) atoms. The van der Waals surface area contributed by atoms with Crippen LogP contribution in [0.3, 0.4) is 0 Å². The Bertz CT molecular complexity index is 1200. The van der Waals surface area contributed by atoms with Crippen molar-refractivity contribution in [3.05, 3.63) is 77.6 Å². The minimum Gasteiger partial charge on any atom is -0.340 e. The van der Waals surface area contributed by atoms with E-state index in [4.69, 9.17) is 9.51 Å². The summed E-state index contributed by atoms with van der Waals surface area (Å²) in [5.74, 6) is 1.37. The molecule has 0 radical (unpaired) electrons. The first-order valence-electron chi connectivity index (χ1n) is 11.6. The van der Waals surface area contributed by atoms with Gasteiger partial charge in [-0.1, -0.05) is 65.8 Å². The summed E-state index contributed by atoms with van der Waals surface area (Å²) >= 11 is 1.68. The molecule has 0 bridgehead atoms. The quantitative estimate of drug-likeness (QED) is 0.374. The maximum atomic E-state index is 12.7. The second kappa shape index (κ2) is 10.7. The summed E-state index contributed by atoms with van der Waals surface area (Å²) in [6, 6.07) is 20.0. The van der Waals surface area contributed by atoms with E-state index in [2.05, 4.69) is 32.6 Å². The van der Waals surface area contributed by atoms with Crippen molar-refractivity contribution >= 4 is 17.2 Å². The Morgan fingerprint density at radius 3 is 2.35 bits per heavy atom. The summed E-state index contributed by atoms with van der Waals surface area (Å²) in [7, 11) is 0. The van der Waals surface area contributed by atoms with E-state index in [-0.39, 0.29) is 5.91 Å². The number of aryl methyl sites for hydroxylation is 1. The number of piperazine rings is 1. The third-order valence-electron chi connectivity index (χ3n) is 5.96. The van der Waals surface area contributed by atoms with E-state index >= 15 is 0 Å². The van der Waals surface area contributed by atoms with Crippen LogP contribution in [0.1, 0.15) is 24.4 Å². The number of carbonyl (C=O) groups is 1. The Balaban J connectivity index is 1.04. The fourth-order valence-corrected chi connectivity index (χ4v) is 4.90. The average Bonchev–Trinajstić information content (AvgIpc) is 3.56. The number of rotatable bonds is 8. The van der Waals surface area contributed by atoms with Crippen LogP contribution in [0.15, 0.2) is 70.6 Å². The van der Waals surface area contributed by atoms with E-state index in [9.17, 15) is 4.79 Å². The highest BCUT2D eigenvalue weighted by Gasteiger charge is 2.22. The van der Waals surface area contributed by atoms with Gasteiger partial charge in [0.1, 0.15) is 5.01 Å². The van der Waals surface area contributed by atoms with E-state index < -0.39 is 0 Å². The van der Waals surface area contributed by atoms with Crippen LogP contribution in [0, 0.1) is 0 Å². The zero-order chi connectivity index (χ0) is 23.2. The van der Waals surface area contributed by atoms with Crippen LogP contribution in [0.25, 0.3) is 22.0 Å². The van der Waals surface area contributed by atoms with Gasteiger partial charge in [-0.05, 0) is 6.42 Å². The predicted octanol–water partition coefficient (Wildman–Crippen LogP) is 4.53. The molecule has 174 valence electrons. The number of aromatic nitrogens is 3. The van der Waals surface area contributed by atoms with Gasteiger partial charge in [-0.3, -0.25) is 9.69 Å². The van der Waals surface area contributed by atoms with Gasteiger partial charge in [-0.15, -0.1) is 11.3 Å². The molecule has 8 heteroatoms. The van der Waals surface area contributed by atoms with Gasteiger partial charge in [0.25, 0.3) is 0 Å². The molecule has 5 rings (SSSR count). The molecule has 1 fully saturated rings. The molecule has 4 aromatic rings. The Morgan fingerprint density at radius 2 is 1.62 bits per heavy atom. The van der Waals surface area contributed by atoms with Gasteiger partial charge in [-0.25, -0.2) is 4.98 Å². The zero-order valence-electron chi connectivity index (χ0n) is 19.0. The Labute approximate surface area is 203 Å². The molecular formula is C26H27N5O2S. The predicted molar refractivity (Wildman–Crippen MR) is 132 cm³/mol. The molecule has 0 atom stereocenters. The van der Waals surface area contributed by atoms with Crippen LogP contribution >= 0.6 is 11.3 Å². The second-order valence-electron chi connectivity index (χ2n) is 8.40. The van der Waals surface area contributed by atoms with E-state index in [0.717, 1.165) is 54.6 Å². The lowest BCUT2D eigenvalue weighted by Crippen LogP contribution is -2.48. The summed E-state index contributed by atoms with van der Waals surface area (Å²) < 4.78 is 5.35. The van der Waals surface area contributed by atoms with Crippen molar-refractivity contribution < 1.29 is 9.32 Å². The van der Waals surface area contributed by atoms with Crippen LogP contribution in [0.4, 0.5) is 0 Å². The molecule has 0 unspecified atom stereocenters. The highest BCUT2D eigenvalue weighted by Crippen LogP contribution is 2.24. The van der Waals surface area contributed by atoms with Gasteiger partial charge in [0.05, 0.1) is 5.69 Å². The van der Waals surface area contributed by atoms with Crippen molar-refractivity contribution in [2.45, 2.75) is 25.8 Å². The number of thiazole rings is 1. The Morgan fingerprint density at radius 1 is 0.912 bits per heavy atom. The van der Waals surface area contributed by atoms with Gasteiger partial charge in [0, 0.05) is 62.1 Å². The maximum Gasteiger partial charge on any atom is 0.226 e. The number of benzene rings is 2. The fourth-order valence-electron chi connectivity index (χ4n) is 4.09. The number of carbonyl (C=O) groups excluding carboxylic acids is 1. The van der Waals surface area contributed by atoms with Crippen LogP contribution in [-0.2, 0) is 17.8 Å². The van der Waals surface area contributed by atoms with Gasteiger partial charge < -0.3 is 9.42 Å². The highest BCUT2D eigenvalue weighted by atomic mass is 32.1. The summed E-state index contributed by atoms with van der Waals surface area (Å²) in [4.78, 5) is 26.3. The largest absolute Gasteiger partial charge is 0.340 e. The van der Waals surface area contributed by atoms with Crippen molar-refractivity contribution in [3.63, 3.8) is 0 Å². The van der Waals surface area contributed by atoms with Crippen molar-refractivity contribution in [2.75, 3.05) is 26.2 Å². The standard InChI is InChI=1S/C26H27N5O2S/c32-24(13-7-12-23-28-25(29-33-23)20-8-3-1-4-9-20)31-16-14-30(15-17-31)18-22-19-34-26(27-22)21-10-5-2-6-11-21/h1-6,8-11,19H,7,12-18H2. The molecule has 0 saturated carbocycles. The molecule has 2 aromatic heterocycles. The number of hydrogen-bond acceptors (Lipinski definition) is 7. The lowest BCUT2D eigenvalue weighted by Gasteiger charge is -2.34. The van der Waals surface area contributed by atoms with Crippen LogP contribution in [0.2, 0.25) is 0 Å². The van der Waals surface area contributed by atoms with Crippen LogP contribution < -0.4 is 0 Å². The summed E-state index contributed by atoms with van der Waals surface area (Å²) in [5, 5.41) is 7.24. The van der Waals surface area contributed by atoms with Crippen molar-refractivity contribution in [3.8, 4) is 22.0 Å². The third kappa shape index (κ3) is 5.58. The monoisotopic (exact) mass is 473 g/mol.